The molecule has 0 aliphatic rings. The SMILES string of the molecule is Cc1ccc(NSC(C)(C)C)nc1-c1cn(C)c(=O)c2[nH]ccc12. The van der Waals surface area contributed by atoms with Crippen LogP contribution in [-0.2, 0) is 7.05 Å². The fourth-order valence-electron chi connectivity index (χ4n) is 2.52. The van der Waals surface area contributed by atoms with Crippen LogP contribution in [0.15, 0.2) is 35.4 Å². The number of rotatable bonds is 3. The molecule has 3 rings (SSSR count). The van der Waals surface area contributed by atoms with E-state index < -0.39 is 0 Å². The van der Waals surface area contributed by atoms with Crippen LogP contribution >= 0.6 is 11.9 Å². The van der Waals surface area contributed by atoms with Crippen molar-refractivity contribution in [3.8, 4) is 11.3 Å². The molecular weight excluding hydrogens is 320 g/mol. The molecule has 0 saturated carbocycles. The van der Waals surface area contributed by atoms with E-state index in [0.29, 0.717) is 5.52 Å². The van der Waals surface area contributed by atoms with Gasteiger partial charge >= 0.3 is 0 Å². The third-order valence-electron chi connectivity index (χ3n) is 3.71. The lowest BCUT2D eigenvalue weighted by Gasteiger charge is -2.18. The Morgan fingerprint density at radius 3 is 2.71 bits per heavy atom. The second-order valence-corrected chi connectivity index (χ2v) is 8.54. The minimum atomic E-state index is -0.0334. The van der Waals surface area contributed by atoms with Crippen LogP contribution in [0.1, 0.15) is 26.3 Å². The van der Waals surface area contributed by atoms with Crippen LogP contribution in [-0.4, -0.2) is 19.3 Å². The lowest BCUT2D eigenvalue weighted by atomic mass is 10.1. The Labute approximate surface area is 145 Å². The summed E-state index contributed by atoms with van der Waals surface area (Å²) in [5.74, 6) is 0.813. The van der Waals surface area contributed by atoms with Crippen molar-refractivity contribution in [2.75, 3.05) is 4.72 Å². The van der Waals surface area contributed by atoms with Crippen LogP contribution in [0.2, 0.25) is 0 Å². The van der Waals surface area contributed by atoms with Crippen LogP contribution in [0.4, 0.5) is 5.82 Å². The van der Waals surface area contributed by atoms with Gasteiger partial charge in [-0.1, -0.05) is 6.07 Å². The summed E-state index contributed by atoms with van der Waals surface area (Å²) in [6.45, 7) is 8.48. The first-order chi connectivity index (χ1) is 11.3. The molecule has 0 fully saturated rings. The first-order valence-electron chi connectivity index (χ1n) is 7.85. The maximum atomic E-state index is 12.2. The second-order valence-electron chi connectivity index (χ2n) is 6.90. The van der Waals surface area contributed by atoms with Gasteiger partial charge < -0.3 is 14.3 Å². The van der Waals surface area contributed by atoms with E-state index in [-0.39, 0.29) is 10.3 Å². The smallest absolute Gasteiger partial charge is 0.274 e. The predicted molar refractivity (Wildman–Crippen MR) is 102 cm³/mol. The zero-order valence-electron chi connectivity index (χ0n) is 14.6. The Morgan fingerprint density at radius 1 is 1.25 bits per heavy atom. The summed E-state index contributed by atoms with van der Waals surface area (Å²) < 4.78 is 5.01. The van der Waals surface area contributed by atoms with Crippen molar-refractivity contribution in [2.24, 2.45) is 7.05 Å². The van der Waals surface area contributed by atoms with E-state index >= 15 is 0 Å². The Morgan fingerprint density at radius 2 is 2.00 bits per heavy atom. The van der Waals surface area contributed by atoms with Gasteiger partial charge in [0.15, 0.2) is 0 Å². The normalized spacial score (nSPS) is 11.9. The second kappa shape index (κ2) is 6.02. The van der Waals surface area contributed by atoms with E-state index in [4.69, 9.17) is 4.98 Å². The van der Waals surface area contributed by atoms with Crippen molar-refractivity contribution in [3.05, 3.63) is 46.5 Å². The topological polar surface area (TPSA) is 62.7 Å². The Kier molecular flexibility index (Phi) is 4.17. The summed E-state index contributed by atoms with van der Waals surface area (Å²) in [6, 6.07) is 5.96. The molecule has 0 spiro atoms. The first kappa shape index (κ1) is 16.6. The highest BCUT2D eigenvalue weighted by Gasteiger charge is 2.15. The Hall–Kier alpha value is -2.21. The molecule has 0 aromatic carbocycles. The Balaban J connectivity index is 2.11. The molecule has 2 N–H and O–H groups in total. The number of nitrogens with zero attached hydrogens (tertiary/aromatic N) is 2. The standard InChI is InChI=1S/C18H22N4OS/c1-11-6-7-14(21-24-18(2,3)4)20-15(11)13-10-22(5)17(23)16-12(13)8-9-19-16/h6-10,19H,1-5H3,(H,20,21). The molecule has 0 amide bonds. The third kappa shape index (κ3) is 3.19. The van der Waals surface area contributed by atoms with Gasteiger partial charge in [0.25, 0.3) is 5.56 Å². The molecule has 0 bridgehead atoms. The highest BCUT2D eigenvalue weighted by Crippen LogP contribution is 2.30. The molecule has 3 aromatic heterocycles. The molecular formula is C18H22N4OS. The van der Waals surface area contributed by atoms with E-state index in [1.54, 1.807) is 29.8 Å². The van der Waals surface area contributed by atoms with Crippen molar-refractivity contribution in [2.45, 2.75) is 32.4 Å². The molecule has 126 valence electrons. The number of hydrogen-bond acceptors (Lipinski definition) is 4. The van der Waals surface area contributed by atoms with Crippen molar-refractivity contribution < 1.29 is 0 Å². The molecule has 0 aliphatic heterocycles. The number of fused-ring (bicyclic) bond motifs is 1. The van der Waals surface area contributed by atoms with Gasteiger partial charge in [0.2, 0.25) is 0 Å². The third-order valence-corrected chi connectivity index (χ3v) is 4.63. The van der Waals surface area contributed by atoms with Crippen LogP contribution < -0.4 is 10.3 Å². The molecule has 24 heavy (non-hydrogen) atoms. The minimum absolute atomic E-state index is 0.0334. The fraction of sp³-hybridized carbons (Fsp3) is 0.333. The van der Waals surface area contributed by atoms with Crippen molar-refractivity contribution in [1.29, 1.82) is 0 Å². The van der Waals surface area contributed by atoms with E-state index in [2.05, 4.69) is 36.5 Å². The highest BCUT2D eigenvalue weighted by atomic mass is 32.2. The maximum Gasteiger partial charge on any atom is 0.274 e. The van der Waals surface area contributed by atoms with Gasteiger partial charge in [0, 0.05) is 35.1 Å². The molecule has 3 heterocycles. The average Bonchev–Trinajstić information content (AvgIpc) is 2.99. The van der Waals surface area contributed by atoms with E-state index in [1.807, 2.05) is 25.3 Å². The summed E-state index contributed by atoms with van der Waals surface area (Å²) in [4.78, 5) is 20.1. The zero-order valence-corrected chi connectivity index (χ0v) is 15.4. The maximum absolute atomic E-state index is 12.2. The van der Waals surface area contributed by atoms with Crippen LogP contribution in [0.3, 0.4) is 0 Å². The summed E-state index contributed by atoms with van der Waals surface area (Å²) in [7, 11) is 1.76. The summed E-state index contributed by atoms with van der Waals surface area (Å²) in [6.07, 6.45) is 3.65. The zero-order chi connectivity index (χ0) is 17.5. The molecule has 0 saturated heterocycles. The van der Waals surface area contributed by atoms with Gasteiger partial charge in [-0.2, -0.15) is 0 Å². The Bertz CT molecular complexity index is 950. The molecule has 5 nitrogen and oxygen atoms in total. The van der Waals surface area contributed by atoms with Gasteiger partial charge in [-0.15, -0.1) is 0 Å². The van der Waals surface area contributed by atoms with Crippen molar-refractivity contribution >= 4 is 28.7 Å². The van der Waals surface area contributed by atoms with Crippen LogP contribution in [0.5, 0.6) is 0 Å². The molecule has 3 aromatic rings. The van der Waals surface area contributed by atoms with E-state index in [9.17, 15) is 4.79 Å². The lowest BCUT2D eigenvalue weighted by molar-refractivity contribution is 0.805. The van der Waals surface area contributed by atoms with Crippen molar-refractivity contribution in [1.82, 2.24) is 14.5 Å². The number of pyridine rings is 2. The lowest BCUT2D eigenvalue weighted by Crippen LogP contribution is -2.16. The molecule has 0 unspecified atom stereocenters. The number of anilines is 1. The van der Waals surface area contributed by atoms with Gasteiger partial charge in [-0.25, -0.2) is 4.98 Å². The predicted octanol–water partition coefficient (Wildman–Crippen LogP) is 4.10. The summed E-state index contributed by atoms with van der Waals surface area (Å²) >= 11 is 1.63. The van der Waals surface area contributed by atoms with Gasteiger partial charge in [-0.05, 0) is 57.3 Å². The van der Waals surface area contributed by atoms with Gasteiger partial charge in [0.1, 0.15) is 11.3 Å². The molecule has 0 radical (unpaired) electrons. The van der Waals surface area contributed by atoms with Gasteiger partial charge in [0.05, 0.1) is 5.69 Å². The quantitative estimate of drug-likeness (QED) is 0.704. The van der Waals surface area contributed by atoms with Crippen LogP contribution in [0, 0.1) is 6.92 Å². The number of aryl methyl sites for hydroxylation is 2. The largest absolute Gasteiger partial charge is 0.357 e. The van der Waals surface area contributed by atoms with E-state index in [1.165, 1.54) is 0 Å². The number of aromatic amines is 1. The fourth-order valence-corrected chi connectivity index (χ4v) is 3.05. The average molecular weight is 342 g/mol. The highest BCUT2D eigenvalue weighted by molar-refractivity contribution is 8.01. The molecule has 0 atom stereocenters. The minimum Gasteiger partial charge on any atom is -0.357 e. The number of nitrogens with one attached hydrogen (secondary N) is 2. The van der Waals surface area contributed by atoms with Crippen molar-refractivity contribution in [3.63, 3.8) is 0 Å². The molecule has 6 heteroatoms. The molecule has 0 aliphatic carbocycles. The van der Waals surface area contributed by atoms with Gasteiger partial charge in [-0.3, -0.25) is 4.79 Å². The summed E-state index contributed by atoms with van der Waals surface area (Å²) in [5.41, 5.74) is 3.49. The summed E-state index contributed by atoms with van der Waals surface area (Å²) in [5, 5.41) is 0.898. The monoisotopic (exact) mass is 342 g/mol. The number of aromatic nitrogens is 3. The number of H-pyrrole nitrogens is 1. The first-order valence-corrected chi connectivity index (χ1v) is 8.67. The van der Waals surface area contributed by atoms with E-state index in [0.717, 1.165) is 28.0 Å². The number of hydrogen-bond donors (Lipinski definition) is 2. The van der Waals surface area contributed by atoms with Crippen LogP contribution in [0.25, 0.3) is 22.2 Å².